The van der Waals surface area contributed by atoms with E-state index in [4.69, 9.17) is 4.42 Å². The van der Waals surface area contributed by atoms with Crippen LogP contribution in [0.15, 0.2) is 50.7 Å². The highest BCUT2D eigenvalue weighted by Crippen LogP contribution is 2.33. The van der Waals surface area contributed by atoms with Gasteiger partial charge in [-0.1, -0.05) is 12.1 Å². The quantitative estimate of drug-likeness (QED) is 0.446. The Kier molecular flexibility index (Phi) is 4.81. The predicted octanol–water partition coefficient (Wildman–Crippen LogP) is 4.31. The van der Waals surface area contributed by atoms with Crippen molar-refractivity contribution in [3.05, 3.63) is 57.2 Å². The smallest absolute Gasteiger partial charge is 0.286 e. The van der Waals surface area contributed by atoms with Crippen molar-refractivity contribution in [1.82, 2.24) is 4.90 Å². The Morgan fingerprint density at radius 3 is 2.78 bits per heavy atom. The second-order valence-corrected chi connectivity index (χ2v) is 7.38. The summed E-state index contributed by atoms with van der Waals surface area (Å²) in [6.07, 6.45) is 5.14. The van der Waals surface area contributed by atoms with Gasteiger partial charge >= 0.3 is 0 Å². The van der Waals surface area contributed by atoms with Gasteiger partial charge in [-0.2, -0.15) is 4.99 Å². The standard InChI is InChI=1S/C19H17N3O4S/c23-18-17(27-19(20-18)21-9-2-1-3-10-21)12-15-7-8-16(26-15)13-5-4-6-14(11-13)22(24)25/h4-8,11-12H,1-3,9-10H2. The fraction of sp³-hybridized carbons (Fsp3) is 0.263. The molecule has 2 aliphatic heterocycles. The first-order chi connectivity index (χ1) is 13.1. The number of likely N-dealkylation sites (tertiary alicyclic amines) is 1. The third-order valence-corrected chi connectivity index (χ3v) is 5.52. The van der Waals surface area contributed by atoms with Crippen LogP contribution < -0.4 is 0 Å². The fourth-order valence-corrected chi connectivity index (χ4v) is 4.05. The molecule has 1 aromatic carbocycles. The molecule has 0 unspecified atom stereocenters. The van der Waals surface area contributed by atoms with E-state index in [1.165, 1.54) is 30.3 Å². The van der Waals surface area contributed by atoms with Crippen LogP contribution in [0.2, 0.25) is 0 Å². The first kappa shape index (κ1) is 17.5. The van der Waals surface area contributed by atoms with Crippen LogP contribution in [0.1, 0.15) is 25.0 Å². The molecule has 27 heavy (non-hydrogen) atoms. The number of amides is 1. The number of aliphatic imine (C=N–C) groups is 1. The number of hydrogen-bond donors (Lipinski definition) is 0. The number of rotatable bonds is 3. The van der Waals surface area contributed by atoms with Crippen LogP contribution >= 0.6 is 11.8 Å². The minimum absolute atomic E-state index is 0.00454. The average molecular weight is 383 g/mol. The first-order valence-corrected chi connectivity index (χ1v) is 9.54. The minimum Gasteiger partial charge on any atom is -0.457 e. The number of furan rings is 1. The summed E-state index contributed by atoms with van der Waals surface area (Å²) in [6.45, 7) is 1.87. The molecule has 2 aromatic rings. The molecule has 2 aliphatic rings. The molecule has 0 radical (unpaired) electrons. The van der Waals surface area contributed by atoms with Crippen molar-refractivity contribution in [2.75, 3.05) is 13.1 Å². The molecule has 0 N–H and O–H groups in total. The Bertz CT molecular complexity index is 957. The van der Waals surface area contributed by atoms with Gasteiger partial charge in [-0.15, -0.1) is 0 Å². The molecule has 1 aromatic heterocycles. The molecular weight excluding hydrogens is 366 g/mol. The molecule has 0 saturated carbocycles. The summed E-state index contributed by atoms with van der Waals surface area (Å²) in [5.74, 6) is 0.773. The molecule has 3 heterocycles. The van der Waals surface area contributed by atoms with E-state index in [9.17, 15) is 14.9 Å². The van der Waals surface area contributed by atoms with Crippen LogP contribution in [0.25, 0.3) is 17.4 Å². The van der Waals surface area contributed by atoms with Gasteiger partial charge in [0.25, 0.3) is 11.6 Å². The number of nitro benzene ring substituents is 1. The predicted molar refractivity (Wildman–Crippen MR) is 104 cm³/mol. The van der Waals surface area contributed by atoms with Crippen molar-refractivity contribution >= 4 is 34.6 Å². The lowest BCUT2D eigenvalue weighted by Crippen LogP contribution is -2.33. The maximum atomic E-state index is 12.2. The van der Waals surface area contributed by atoms with Gasteiger partial charge in [0, 0.05) is 36.9 Å². The lowest BCUT2D eigenvalue weighted by Gasteiger charge is -2.27. The molecule has 0 aliphatic carbocycles. The Hall–Kier alpha value is -2.87. The van der Waals surface area contributed by atoms with E-state index in [-0.39, 0.29) is 11.6 Å². The number of piperidine rings is 1. The summed E-state index contributed by atoms with van der Waals surface area (Å²) in [4.78, 5) is 29.5. The van der Waals surface area contributed by atoms with E-state index in [1.807, 2.05) is 0 Å². The van der Waals surface area contributed by atoms with Crippen molar-refractivity contribution in [2.24, 2.45) is 4.99 Å². The number of carbonyl (C=O) groups excluding carboxylic acids is 1. The number of hydrogen-bond acceptors (Lipinski definition) is 6. The van der Waals surface area contributed by atoms with Crippen molar-refractivity contribution in [2.45, 2.75) is 19.3 Å². The van der Waals surface area contributed by atoms with Gasteiger partial charge in [0.05, 0.1) is 9.83 Å². The SMILES string of the molecule is O=C1N=C(N2CCCCC2)SC1=Cc1ccc(-c2cccc([N+](=O)[O-])c2)o1. The zero-order valence-corrected chi connectivity index (χ0v) is 15.3. The molecule has 7 nitrogen and oxygen atoms in total. The maximum Gasteiger partial charge on any atom is 0.286 e. The van der Waals surface area contributed by atoms with Gasteiger partial charge in [0.1, 0.15) is 11.5 Å². The molecule has 0 atom stereocenters. The van der Waals surface area contributed by atoms with Gasteiger partial charge in [0.15, 0.2) is 5.17 Å². The normalized spacial score (nSPS) is 18.8. The van der Waals surface area contributed by atoms with Gasteiger partial charge in [-0.25, -0.2) is 0 Å². The Morgan fingerprint density at radius 2 is 2.00 bits per heavy atom. The summed E-state index contributed by atoms with van der Waals surface area (Å²) in [5, 5.41) is 11.7. The van der Waals surface area contributed by atoms with E-state index in [0.29, 0.717) is 22.0 Å². The second-order valence-electron chi connectivity index (χ2n) is 6.37. The highest BCUT2D eigenvalue weighted by Gasteiger charge is 2.27. The number of amidine groups is 1. The van der Waals surface area contributed by atoms with Crippen LogP contribution in [-0.4, -0.2) is 34.0 Å². The number of non-ortho nitro benzene ring substituents is 1. The molecule has 1 amide bonds. The molecule has 138 valence electrons. The molecule has 0 spiro atoms. The Balaban J connectivity index is 1.52. The van der Waals surface area contributed by atoms with E-state index in [1.54, 1.807) is 30.3 Å². The molecule has 1 saturated heterocycles. The van der Waals surface area contributed by atoms with Crippen LogP contribution in [0.5, 0.6) is 0 Å². The number of nitro groups is 1. The van der Waals surface area contributed by atoms with E-state index in [0.717, 1.165) is 31.1 Å². The van der Waals surface area contributed by atoms with Gasteiger partial charge in [0.2, 0.25) is 0 Å². The van der Waals surface area contributed by atoms with Crippen LogP contribution in [0.3, 0.4) is 0 Å². The summed E-state index contributed by atoms with van der Waals surface area (Å²) in [5.41, 5.74) is 0.620. The third-order valence-electron chi connectivity index (χ3n) is 4.48. The van der Waals surface area contributed by atoms with E-state index < -0.39 is 4.92 Å². The molecular formula is C19H17N3O4S. The van der Waals surface area contributed by atoms with E-state index in [2.05, 4.69) is 9.89 Å². The zero-order chi connectivity index (χ0) is 18.8. The average Bonchev–Trinajstić information content (AvgIpc) is 3.30. The Morgan fingerprint density at radius 1 is 1.19 bits per heavy atom. The summed E-state index contributed by atoms with van der Waals surface area (Å²) >= 11 is 1.37. The highest BCUT2D eigenvalue weighted by atomic mass is 32.2. The molecule has 1 fully saturated rings. The zero-order valence-electron chi connectivity index (χ0n) is 14.5. The maximum absolute atomic E-state index is 12.2. The van der Waals surface area contributed by atoms with Crippen molar-refractivity contribution in [3.8, 4) is 11.3 Å². The van der Waals surface area contributed by atoms with Crippen molar-refractivity contribution in [1.29, 1.82) is 0 Å². The Labute approximate surface area is 159 Å². The van der Waals surface area contributed by atoms with Gasteiger partial charge in [-0.3, -0.25) is 14.9 Å². The number of nitrogens with zero attached hydrogens (tertiary/aromatic N) is 3. The van der Waals surface area contributed by atoms with Crippen LogP contribution in [-0.2, 0) is 4.79 Å². The lowest BCUT2D eigenvalue weighted by molar-refractivity contribution is -0.384. The molecule has 8 heteroatoms. The largest absolute Gasteiger partial charge is 0.457 e. The summed E-state index contributed by atoms with van der Waals surface area (Å²) < 4.78 is 5.77. The van der Waals surface area contributed by atoms with Crippen LogP contribution in [0.4, 0.5) is 5.69 Å². The molecule has 4 rings (SSSR count). The summed E-state index contributed by atoms with van der Waals surface area (Å²) in [6, 6.07) is 9.74. The van der Waals surface area contributed by atoms with Crippen LogP contribution in [0, 0.1) is 10.1 Å². The van der Waals surface area contributed by atoms with E-state index >= 15 is 0 Å². The highest BCUT2D eigenvalue weighted by molar-refractivity contribution is 8.18. The summed E-state index contributed by atoms with van der Waals surface area (Å²) in [7, 11) is 0. The number of thioether (sulfide) groups is 1. The van der Waals surface area contributed by atoms with Gasteiger partial charge in [-0.05, 0) is 43.2 Å². The van der Waals surface area contributed by atoms with Gasteiger partial charge < -0.3 is 9.32 Å². The lowest BCUT2D eigenvalue weighted by atomic mass is 10.1. The fourth-order valence-electron chi connectivity index (χ4n) is 3.11. The van der Waals surface area contributed by atoms with Crippen molar-refractivity contribution < 1.29 is 14.1 Å². The first-order valence-electron chi connectivity index (χ1n) is 8.72. The third kappa shape index (κ3) is 3.80. The topological polar surface area (TPSA) is 89.0 Å². The monoisotopic (exact) mass is 383 g/mol. The number of benzene rings is 1. The second kappa shape index (κ2) is 7.40. The minimum atomic E-state index is -0.442. The number of carbonyl (C=O) groups is 1. The molecule has 0 bridgehead atoms. The van der Waals surface area contributed by atoms with Crippen molar-refractivity contribution in [3.63, 3.8) is 0 Å².